The van der Waals surface area contributed by atoms with Crippen LogP contribution in [-0.4, -0.2) is 23.5 Å². The van der Waals surface area contributed by atoms with Crippen LogP contribution in [0.25, 0.3) is 0 Å². The van der Waals surface area contributed by atoms with Gasteiger partial charge in [-0.1, -0.05) is 30.3 Å². The molecule has 0 spiro atoms. The monoisotopic (exact) mass is 223 g/mol. The maximum Gasteiger partial charge on any atom is 0.0894 e. The zero-order valence-corrected chi connectivity index (χ0v) is 9.85. The van der Waals surface area contributed by atoms with Gasteiger partial charge in [-0.15, -0.1) is 12.4 Å². The molecule has 2 rings (SSSR count). The van der Waals surface area contributed by atoms with Crippen molar-refractivity contribution >= 4 is 12.4 Å². The number of hydrogen-bond donors (Lipinski definition) is 1. The first kappa shape index (κ1) is 11.8. The molecule has 1 heterocycles. The molecule has 0 fully saturated rings. The van der Waals surface area contributed by atoms with Gasteiger partial charge in [-0.3, -0.25) is 4.78 Å². The van der Waals surface area contributed by atoms with E-state index in [1.54, 1.807) is 0 Å². The van der Waals surface area contributed by atoms with E-state index in [1.807, 2.05) is 0 Å². The number of benzene rings is 1. The summed E-state index contributed by atoms with van der Waals surface area (Å²) >= 11 is 2.22. The molecular weight excluding hydrogens is 206 g/mol. The van der Waals surface area contributed by atoms with Gasteiger partial charge in [0.1, 0.15) is 0 Å². The molecule has 0 amide bonds. The Kier molecular flexibility index (Phi) is 4.90. The van der Waals surface area contributed by atoms with Crippen molar-refractivity contribution in [3.8, 4) is 0 Å². The van der Waals surface area contributed by atoms with Crippen molar-refractivity contribution in [3.63, 3.8) is 0 Å². The van der Waals surface area contributed by atoms with Gasteiger partial charge in [-0.05, 0) is 5.56 Å². The number of nitrogens with zero attached hydrogens (tertiary/aromatic N) is 2. The second kappa shape index (κ2) is 6.24. The van der Waals surface area contributed by atoms with Crippen LogP contribution in [0.3, 0.4) is 0 Å². The van der Waals surface area contributed by atoms with Crippen molar-refractivity contribution in [2.45, 2.75) is 6.54 Å². The summed E-state index contributed by atoms with van der Waals surface area (Å²) in [6.07, 6.45) is 4.23. The predicted molar refractivity (Wildman–Crippen MR) is 66.6 cm³/mol. The van der Waals surface area contributed by atoms with Crippen LogP contribution in [0.2, 0.25) is 0 Å². The smallest absolute Gasteiger partial charge is 0.0894 e. The average molecular weight is 223 g/mol. The van der Waals surface area contributed by atoms with Crippen LogP contribution >= 0.6 is 0 Å². The molecule has 0 radical (unpaired) electrons. The maximum atomic E-state index is 5.56. The van der Waals surface area contributed by atoms with Gasteiger partial charge in [0.05, 0.1) is 6.67 Å². The van der Waals surface area contributed by atoms with Gasteiger partial charge < -0.3 is 9.80 Å². The topological polar surface area (TPSA) is 30.3 Å². The summed E-state index contributed by atoms with van der Waals surface area (Å²) in [5.41, 5.74) is 1.36. The minimum Gasteiger partial charge on any atom is -0.362 e. The third-order valence-corrected chi connectivity index (χ3v) is 2.17. The summed E-state index contributed by atoms with van der Waals surface area (Å²) in [6.45, 7) is 2.00. The summed E-state index contributed by atoms with van der Waals surface area (Å²) in [5, 5.41) is 0. The molecule has 0 aliphatic carbocycles. The van der Waals surface area contributed by atoms with E-state index in [4.69, 9.17) is 4.78 Å². The Morgan fingerprint density at radius 2 is 1.87 bits per heavy atom. The van der Waals surface area contributed by atoms with Gasteiger partial charge >= 0.3 is 0 Å². The highest BCUT2D eigenvalue weighted by Crippen LogP contribution is 2.09. The lowest BCUT2D eigenvalue weighted by Crippen LogP contribution is -2.21. The van der Waals surface area contributed by atoms with Crippen LogP contribution in [-0.2, 0) is 19.0 Å². The second-order valence-corrected chi connectivity index (χ2v) is 3.43. The van der Waals surface area contributed by atoms with E-state index in [9.17, 15) is 0 Å². The van der Waals surface area contributed by atoms with E-state index in [1.165, 1.54) is 5.56 Å². The van der Waals surface area contributed by atoms with Crippen LogP contribution in [0.1, 0.15) is 5.56 Å². The third kappa shape index (κ3) is 3.75. The van der Waals surface area contributed by atoms with E-state index in [2.05, 4.69) is 72.0 Å². The van der Waals surface area contributed by atoms with Gasteiger partial charge in [0, 0.05) is 26.0 Å². The van der Waals surface area contributed by atoms with Gasteiger partial charge in [-0.2, -0.15) is 0 Å². The lowest BCUT2D eigenvalue weighted by molar-refractivity contribution is 0.291. The molecule has 1 aromatic rings. The van der Waals surface area contributed by atoms with Crippen molar-refractivity contribution in [1.29, 1.82) is 4.78 Å². The molecular formula is C11H17N3S. The van der Waals surface area contributed by atoms with Crippen molar-refractivity contribution < 1.29 is 0 Å². The molecule has 1 aromatic carbocycles. The largest absolute Gasteiger partial charge is 0.362 e. The normalized spacial score (nSPS) is 13.7. The highest BCUT2D eigenvalue weighted by molar-refractivity contribution is 7.45. The molecule has 0 saturated heterocycles. The van der Waals surface area contributed by atoms with Crippen LogP contribution in [0.5, 0.6) is 0 Å². The van der Waals surface area contributed by atoms with Gasteiger partial charge in [0.2, 0.25) is 0 Å². The maximum absolute atomic E-state index is 5.56. The van der Waals surface area contributed by atoms with Gasteiger partial charge in [-0.25, -0.2) is 0 Å². The third-order valence-electron chi connectivity index (χ3n) is 2.17. The lowest BCUT2D eigenvalue weighted by atomic mass is 10.2. The Hall–Kier alpha value is -1.29. The zero-order chi connectivity index (χ0) is 11.1. The summed E-state index contributed by atoms with van der Waals surface area (Å²) in [5.74, 6) is 0. The van der Waals surface area contributed by atoms with Crippen LogP contribution in [0.15, 0.2) is 42.7 Å². The molecule has 15 heavy (non-hydrogen) atoms. The Morgan fingerprint density at radius 3 is 2.40 bits per heavy atom. The zero-order valence-electron chi connectivity index (χ0n) is 8.85. The number of nitrogens with one attached hydrogen (secondary N) is 1. The average Bonchev–Trinajstić information content (AvgIpc) is 2.68. The molecule has 0 saturated carbocycles. The van der Waals surface area contributed by atoms with Crippen LogP contribution in [0.4, 0.5) is 0 Å². The first-order valence-electron chi connectivity index (χ1n) is 4.76. The molecule has 82 valence electrons. The molecule has 1 aliphatic rings. The molecule has 0 unspecified atom stereocenters. The molecule has 0 aromatic heterocycles. The molecule has 0 bridgehead atoms. The highest BCUT2D eigenvalue weighted by atomic mass is 32.1. The van der Waals surface area contributed by atoms with E-state index in [-0.39, 0.29) is 0 Å². The van der Waals surface area contributed by atoms with Crippen molar-refractivity contribution in [1.82, 2.24) is 9.80 Å². The quantitative estimate of drug-likeness (QED) is 0.826. The van der Waals surface area contributed by atoms with Gasteiger partial charge in [0.25, 0.3) is 0 Å². The molecule has 4 heteroatoms. The second-order valence-electron chi connectivity index (χ2n) is 3.43. The van der Waals surface area contributed by atoms with Gasteiger partial charge in [0.15, 0.2) is 0 Å². The first-order chi connectivity index (χ1) is 7.34. The molecule has 1 N–H and O–H groups in total. The number of hydrogen-bond acceptors (Lipinski definition) is 3. The summed E-state index contributed by atoms with van der Waals surface area (Å²) < 4.78 is 5.56. The minimum absolute atomic E-state index is 0.995. The fourth-order valence-electron chi connectivity index (χ4n) is 1.51. The summed E-state index contributed by atoms with van der Waals surface area (Å²) in [6, 6.07) is 10.5. The minimum atomic E-state index is 0.995. The predicted octanol–water partition coefficient (Wildman–Crippen LogP) is 1.62. The van der Waals surface area contributed by atoms with E-state index in [0.29, 0.717) is 0 Å². The summed E-state index contributed by atoms with van der Waals surface area (Å²) in [4.78, 5) is 4.46. The summed E-state index contributed by atoms with van der Waals surface area (Å²) in [7, 11) is 2.08. The van der Waals surface area contributed by atoms with E-state index in [0.717, 1.165) is 13.2 Å². The van der Waals surface area contributed by atoms with Crippen molar-refractivity contribution in [2.24, 2.45) is 0 Å². The molecule has 1 aliphatic heterocycles. The molecule has 0 atom stereocenters. The van der Waals surface area contributed by atoms with Crippen molar-refractivity contribution in [3.05, 3.63) is 48.3 Å². The fraction of sp³-hybridized carbons (Fsp3) is 0.273. The standard InChI is InChI=1S/C11H14N2.H3NS/c1-12-7-8-13(10-12)9-11-5-3-2-4-6-11;1-2/h2-8H,9-10H2,1H3;1H,2H2. The van der Waals surface area contributed by atoms with Crippen molar-refractivity contribution in [2.75, 3.05) is 13.7 Å². The Morgan fingerprint density at radius 1 is 1.20 bits per heavy atom. The first-order valence-corrected chi connectivity index (χ1v) is 5.26. The van der Waals surface area contributed by atoms with Crippen LogP contribution < -0.4 is 0 Å². The fourth-order valence-corrected chi connectivity index (χ4v) is 1.51. The van der Waals surface area contributed by atoms with E-state index >= 15 is 0 Å². The SMILES string of the molecule is CN1C=CN(Cc2ccccc2)C1.N=[SH2]. The number of rotatable bonds is 2. The lowest BCUT2D eigenvalue weighted by Gasteiger charge is -2.17. The Balaban J connectivity index is 0.000000531. The van der Waals surface area contributed by atoms with Crippen LogP contribution in [0, 0.1) is 4.78 Å². The Labute approximate surface area is 96.0 Å². The molecule has 3 nitrogen and oxygen atoms in total. The van der Waals surface area contributed by atoms with E-state index < -0.39 is 0 Å². The highest BCUT2D eigenvalue weighted by Gasteiger charge is 2.07. The Bertz CT molecular complexity index is 313.